The third kappa shape index (κ3) is 1.84. The molecule has 0 aromatic heterocycles. The van der Waals surface area contributed by atoms with E-state index in [1.807, 2.05) is 18.2 Å². The third-order valence-corrected chi connectivity index (χ3v) is 4.98. The van der Waals surface area contributed by atoms with Crippen LogP contribution in [-0.2, 0) is 10.0 Å². The van der Waals surface area contributed by atoms with Gasteiger partial charge >= 0.3 is 6.03 Å². The fourth-order valence-corrected chi connectivity index (χ4v) is 3.79. The molecule has 1 aliphatic heterocycles. The van der Waals surface area contributed by atoms with Crippen molar-refractivity contribution in [3.8, 4) is 0 Å². The predicted molar refractivity (Wildman–Crippen MR) is 71.2 cm³/mol. The number of benzene rings is 2. The molecule has 98 valence electrons. The molecule has 1 saturated heterocycles. The number of fused-ring (bicyclic) bond motifs is 1. The van der Waals surface area contributed by atoms with Gasteiger partial charge in [0.2, 0.25) is 0 Å². The lowest BCUT2D eigenvalue weighted by atomic mass is 10.1. The second-order valence-electron chi connectivity index (χ2n) is 4.29. The molecule has 0 aliphatic carbocycles. The van der Waals surface area contributed by atoms with E-state index in [0.29, 0.717) is 11.9 Å². The Bertz CT molecular complexity index is 750. The number of hydrogen-bond acceptors (Lipinski definition) is 3. The van der Waals surface area contributed by atoms with E-state index in [1.54, 1.807) is 18.2 Å². The van der Waals surface area contributed by atoms with Crippen molar-refractivity contribution in [3.05, 3.63) is 42.5 Å². The highest BCUT2D eigenvalue weighted by atomic mass is 32.2. The molecule has 0 atom stereocenters. The molecule has 0 radical (unpaired) electrons. The smallest absolute Gasteiger partial charge is 0.331 e. The van der Waals surface area contributed by atoms with Crippen molar-refractivity contribution in [2.45, 2.75) is 4.90 Å². The summed E-state index contributed by atoms with van der Waals surface area (Å²) in [4.78, 5) is 11.7. The van der Waals surface area contributed by atoms with Crippen LogP contribution < -0.4 is 5.32 Å². The molecule has 5 nitrogen and oxygen atoms in total. The molecule has 2 aromatic rings. The third-order valence-electron chi connectivity index (χ3n) is 3.14. The first kappa shape index (κ1) is 12.0. The molecule has 1 aliphatic rings. The Labute approximate surface area is 110 Å². The second-order valence-corrected chi connectivity index (χ2v) is 6.12. The maximum atomic E-state index is 12.5. The highest BCUT2D eigenvalue weighted by molar-refractivity contribution is 7.90. The molecule has 19 heavy (non-hydrogen) atoms. The molecule has 1 heterocycles. The van der Waals surface area contributed by atoms with Gasteiger partial charge in [-0.3, -0.25) is 0 Å². The van der Waals surface area contributed by atoms with Gasteiger partial charge in [-0.15, -0.1) is 0 Å². The Hall–Kier alpha value is -2.08. The Balaban J connectivity index is 2.21. The number of nitrogens with one attached hydrogen (secondary N) is 1. The molecule has 1 N–H and O–H groups in total. The highest BCUT2D eigenvalue weighted by Crippen LogP contribution is 2.26. The van der Waals surface area contributed by atoms with Crippen molar-refractivity contribution in [1.82, 2.24) is 9.62 Å². The molecule has 0 unspecified atom stereocenters. The highest BCUT2D eigenvalue weighted by Gasteiger charge is 2.33. The fourth-order valence-electron chi connectivity index (χ4n) is 2.22. The monoisotopic (exact) mass is 276 g/mol. The van der Waals surface area contributed by atoms with Crippen molar-refractivity contribution in [2.24, 2.45) is 0 Å². The van der Waals surface area contributed by atoms with E-state index in [9.17, 15) is 13.2 Å². The lowest BCUT2D eigenvalue weighted by Gasteiger charge is -2.16. The summed E-state index contributed by atoms with van der Waals surface area (Å²) >= 11 is 0. The predicted octanol–water partition coefficient (Wildman–Crippen LogP) is 1.55. The minimum absolute atomic E-state index is 0.169. The topological polar surface area (TPSA) is 66.5 Å². The van der Waals surface area contributed by atoms with Crippen molar-refractivity contribution in [1.29, 1.82) is 0 Å². The summed E-state index contributed by atoms with van der Waals surface area (Å²) in [6.45, 7) is 0.521. The minimum atomic E-state index is -3.79. The van der Waals surface area contributed by atoms with Crippen LogP contribution in [0.1, 0.15) is 0 Å². The first-order valence-electron chi connectivity index (χ1n) is 5.89. The van der Waals surface area contributed by atoms with Crippen LogP contribution in [0.3, 0.4) is 0 Å². The molecule has 0 spiro atoms. The van der Waals surface area contributed by atoms with E-state index in [1.165, 1.54) is 6.07 Å². The van der Waals surface area contributed by atoms with Crippen LogP contribution >= 0.6 is 0 Å². The lowest BCUT2D eigenvalue weighted by Crippen LogP contribution is -2.34. The Kier molecular flexibility index (Phi) is 2.67. The molecular weight excluding hydrogens is 264 g/mol. The van der Waals surface area contributed by atoms with Crippen LogP contribution in [0.4, 0.5) is 4.79 Å². The van der Waals surface area contributed by atoms with Gasteiger partial charge in [0.15, 0.2) is 0 Å². The molecule has 0 saturated carbocycles. The normalized spacial score (nSPS) is 15.8. The van der Waals surface area contributed by atoms with Crippen LogP contribution in [0.2, 0.25) is 0 Å². The molecular formula is C13H12N2O3S. The van der Waals surface area contributed by atoms with Crippen molar-refractivity contribution in [2.75, 3.05) is 13.1 Å². The van der Waals surface area contributed by atoms with E-state index < -0.39 is 16.1 Å². The number of hydrogen-bond donors (Lipinski definition) is 1. The quantitative estimate of drug-likeness (QED) is 0.905. The minimum Gasteiger partial charge on any atom is -0.335 e. The van der Waals surface area contributed by atoms with E-state index >= 15 is 0 Å². The lowest BCUT2D eigenvalue weighted by molar-refractivity contribution is 0.236. The van der Waals surface area contributed by atoms with Crippen molar-refractivity contribution >= 4 is 26.8 Å². The standard InChI is InChI=1S/C13H12N2O3S/c16-13-14-8-9-15(13)19(17,18)12-7-3-5-10-4-1-2-6-11(10)12/h1-7H,8-9H2,(H,14,16). The zero-order valence-corrected chi connectivity index (χ0v) is 10.9. The summed E-state index contributed by atoms with van der Waals surface area (Å²) in [6, 6.07) is 11.7. The number of urea groups is 1. The van der Waals surface area contributed by atoms with Crippen LogP contribution in [0, 0.1) is 0 Å². The largest absolute Gasteiger partial charge is 0.335 e. The molecule has 3 rings (SSSR count). The summed E-state index contributed by atoms with van der Waals surface area (Å²) in [5.74, 6) is 0. The van der Waals surface area contributed by atoms with Gasteiger partial charge in [-0.05, 0) is 11.5 Å². The van der Waals surface area contributed by atoms with Gasteiger partial charge in [0, 0.05) is 11.9 Å². The second kappa shape index (κ2) is 4.24. The van der Waals surface area contributed by atoms with Crippen molar-refractivity contribution < 1.29 is 13.2 Å². The van der Waals surface area contributed by atoms with Gasteiger partial charge in [0.1, 0.15) is 0 Å². The summed E-state index contributed by atoms with van der Waals surface area (Å²) < 4.78 is 25.9. The fraction of sp³-hybridized carbons (Fsp3) is 0.154. The molecule has 1 fully saturated rings. The van der Waals surface area contributed by atoms with Gasteiger partial charge in [-0.25, -0.2) is 17.5 Å². The summed E-state index contributed by atoms with van der Waals surface area (Å²) in [7, 11) is -3.79. The van der Waals surface area contributed by atoms with Crippen LogP contribution in [0.25, 0.3) is 10.8 Å². The molecule has 6 heteroatoms. The summed E-state index contributed by atoms with van der Waals surface area (Å²) in [5.41, 5.74) is 0. The first-order valence-corrected chi connectivity index (χ1v) is 7.33. The SMILES string of the molecule is O=C1NCCN1S(=O)(=O)c1cccc2ccccc12. The zero-order chi connectivity index (χ0) is 13.5. The zero-order valence-electron chi connectivity index (χ0n) is 10.0. The van der Waals surface area contributed by atoms with Gasteiger partial charge < -0.3 is 5.32 Å². The number of rotatable bonds is 2. The number of sulfonamides is 1. The van der Waals surface area contributed by atoms with Crippen LogP contribution in [0.5, 0.6) is 0 Å². The average Bonchev–Trinajstić information content (AvgIpc) is 2.85. The first-order chi connectivity index (χ1) is 9.10. The van der Waals surface area contributed by atoms with Crippen molar-refractivity contribution in [3.63, 3.8) is 0 Å². The molecule has 0 bridgehead atoms. The van der Waals surface area contributed by atoms with E-state index in [2.05, 4.69) is 5.32 Å². The Morgan fingerprint density at radius 3 is 2.53 bits per heavy atom. The maximum absolute atomic E-state index is 12.5. The van der Waals surface area contributed by atoms with Crippen LogP contribution in [0.15, 0.2) is 47.4 Å². The van der Waals surface area contributed by atoms with E-state index in [-0.39, 0.29) is 11.4 Å². The summed E-state index contributed by atoms with van der Waals surface area (Å²) in [6.07, 6.45) is 0. The maximum Gasteiger partial charge on any atom is 0.331 e. The van der Waals surface area contributed by atoms with Gasteiger partial charge in [0.25, 0.3) is 10.0 Å². The van der Waals surface area contributed by atoms with Gasteiger partial charge in [-0.2, -0.15) is 0 Å². The molecule has 2 amide bonds. The Morgan fingerprint density at radius 2 is 1.79 bits per heavy atom. The Morgan fingerprint density at radius 1 is 1.05 bits per heavy atom. The number of carbonyl (C=O) groups excluding carboxylic acids is 1. The van der Waals surface area contributed by atoms with E-state index in [4.69, 9.17) is 0 Å². The van der Waals surface area contributed by atoms with Crippen LogP contribution in [-0.4, -0.2) is 31.8 Å². The number of carbonyl (C=O) groups is 1. The molecule has 2 aromatic carbocycles. The van der Waals surface area contributed by atoms with E-state index in [0.717, 1.165) is 9.69 Å². The number of amides is 2. The van der Waals surface area contributed by atoms with Gasteiger partial charge in [0.05, 0.1) is 11.4 Å². The number of nitrogens with zero attached hydrogens (tertiary/aromatic N) is 1. The van der Waals surface area contributed by atoms with Gasteiger partial charge in [-0.1, -0.05) is 36.4 Å². The summed E-state index contributed by atoms with van der Waals surface area (Å²) in [5, 5.41) is 3.97. The average molecular weight is 276 g/mol.